The Hall–Kier alpha value is -1.39. The van der Waals surface area contributed by atoms with Gasteiger partial charge in [0.05, 0.1) is 23.0 Å². The van der Waals surface area contributed by atoms with Crippen molar-refractivity contribution in [2.45, 2.75) is 13.1 Å². The van der Waals surface area contributed by atoms with Crippen molar-refractivity contribution < 1.29 is 4.39 Å². The molecule has 0 radical (unpaired) electrons. The molecule has 1 aliphatic rings. The Kier molecular flexibility index (Phi) is 2.61. The number of hydrogen-bond donors (Lipinski definition) is 1. The van der Waals surface area contributed by atoms with Gasteiger partial charge in [0.15, 0.2) is 0 Å². The third kappa shape index (κ3) is 1.94. The maximum absolute atomic E-state index is 13.4. The summed E-state index contributed by atoms with van der Waals surface area (Å²) in [5, 5.41) is 7.87. The first kappa shape index (κ1) is 10.7. The maximum Gasteiger partial charge on any atom is 0.142 e. The molecule has 1 aromatic carbocycles. The second kappa shape index (κ2) is 4.13. The highest BCUT2D eigenvalue weighted by atomic mass is 35.5. The summed E-state index contributed by atoms with van der Waals surface area (Å²) in [6, 6.07) is 6.74. The van der Waals surface area contributed by atoms with Crippen molar-refractivity contribution in [3.05, 3.63) is 40.8 Å². The zero-order valence-electron chi connectivity index (χ0n) is 9.08. The van der Waals surface area contributed by atoms with Gasteiger partial charge in [-0.25, -0.2) is 4.39 Å². The fourth-order valence-electron chi connectivity index (χ4n) is 1.99. The zero-order valence-corrected chi connectivity index (χ0v) is 9.84. The third-order valence-electron chi connectivity index (χ3n) is 2.89. The van der Waals surface area contributed by atoms with Crippen molar-refractivity contribution in [1.82, 2.24) is 15.1 Å². The summed E-state index contributed by atoms with van der Waals surface area (Å²) in [5.74, 6) is -0.409. The summed E-state index contributed by atoms with van der Waals surface area (Å²) in [6.07, 6.45) is 0. The van der Waals surface area contributed by atoms with Crippen LogP contribution in [0.5, 0.6) is 0 Å². The highest BCUT2D eigenvalue weighted by Crippen LogP contribution is 2.24. The van der Waals surface area contributed by atoms with Gasteiger partial charge in [-0.2, -0.15) is 5.10 Å². The summed E-state index contributed by atoms with van der Waals surface area (Å²) < 4.78 is 15.3. The normalized spacial score (nSPS) is 14.7. The van der Waals surface area contributed by atoms with Crippen LogP contribution in [0.15, 0.2) is 24.3 Å². The van der Waals surface area contributed by atoms with E-state index in [2.05, 4.69) is 10.4 Å². The van der Waals surface area contributed by atoms with Crippen molar-refractivity contribution in [2.75, 3.05) is 6.54 Å². The molecule has 5 heteroatoms. The molecule has 0 bridgehead atoms. The molecule has 3 rings (SSSR count). The number of hydrogen-bond acceptors (Lipinski definition) is 2. The third-order valence-corrected chi connectivity index (χ3v) is 3.19. The number of aromatic nitrogens is 2. The van der Waals surface area contributed by atoms with E-state index in [1.807, 2.05) is 10.7 Å². The van der Waals surface area contributed by atoms with Gasteiger partial charge in [-0.05, 0) is 18.2 Å². The Morgan fingerprint density at radius 1 is 1.35 bits per heavy atom. The highest BCUT2D eigenvalue weighted by Gasteiger charge is 2.13. The van der Waals surface area contributed by atoms with E-state index in [1.54, 1.807) is 12.1 Å². The van der Waals surface area contributed by atoms with Crippen LogP contribution in [0.1, 0.15) is 5.69 Å². The minimum Gasteiger partial charge on any atom is -0.309 e. The van der Waals surface area contributed by atoms with Gasteiger partial charge in [-0.3, -0.25) is 4.68 Å². The lowest BCUT2D eigenvalue weighted by molar-refractivity contribution is 0.476. The molecule has 2 aromatic rings. The molecule has 0 atom stereocenters. The summed E-state index contributed by atoms with van der Waals surface area (Å²) in [5.41, 5.74) is 2.68. The van der Waals surface area contributed by atoms with Crippen molar-refractivity contribution in [3.63, 3.8) is 0 Å². The Balaban J connectivity index is 2.03. The molecule has 0 aliphatic carbocycles. The van der Waals surface area contributed by atoms with E-state index in [-0.39, 0.29) is 5.02 Å². The summed E-state index contributed by atoms with van der Waals surface area (Å²) in [7, 11) is 0. The van der Waals surface area contributed by atoms with Crippen LogP contribution in [0.2, 0.25) is 5.02 Å². The Morgan fingerprint density at radius 2 is 2.24 bits per heavy atom. The molecule has 0 fully saturated rings. The number of benzene rings is 1. The lowest BCUT2D eigenvalue weighted by Gasteiger charge is -2.13. The predicted octanol–water partition coefficient (Wildman–Crippen LogP) is 2.45. The van der Waals surface area contributed by atoms with E-state index in [1.165, 1.54) is 6.07 Å². The minimum absolute atomic E-state index is 0.138. The molecule has 1 aromatic heterocycles. The molecule has 1 aliphatic heterocycles. The van der Waals surface area contributed by atoms with E-state index >= 15 is 0 Å². The number of nitrogens with zero attached hydrogens (tertiary/aromatic N) is 2. The minimum atomic E-state index is -0.409. The molecule has 2 heterocycles. The van der Waals surface area contributed by atoms with Gasteiger partial charge in [0.25, 0.3) is 0 Å². The van der Waals surface area contributed by atoms with Crippen molar-refractivity contribution >= 4 is 11.6 Å². The Labute approximate surface area is 103 Å². The van der Waals surface area contributed by atoms with E-state index in [4.69, 9.17) is 11.6 Å². The second-order valence-electron chi connectivity index (χ2n) is 4.05. The Morgan fingerprint density at radius 3 is 3.00 bits per heavy atom. The molecule has 0 amide bonds. The lowest BCUT2D eigenvalue weighted by Crippen LogP contribution is -2.28. The van der Waals surface area contributed by atoms with Gasteiger partial charge in [0, 0.05) is 18.7 Å². The summed E-state index contributed by atoms with van der Waals surface area (Å²) >= 11 is 5.66. The monoisotopic (exact) mass is 251 g/mol. The topological polar surface area (TPSA) is 29.9 Å². The predicted molar refractivity (Wildman–Crippen MR) is 64.3 cm³/mol. The first-order chi connectivity index (χ1) is 8.24. The smallest absolute Gasteiger partial charge is 0.142 e. The largest absolute Gasteiger partial charge is 0.309 e. The molecule has 0 saturated heterocycles. The van der Waals surface area contributed by atoms with Crippen LogP contribution >= 0.6 is 11.6 Å². The van der Waals surface area contributed by atoms with Gasteiger partial charge in [-0.1, -0.05) is 17.7 Å². The van der Waals surface area contributed by atoms with Crippen LogP contribution in [0.4, 0.5) is 4.39 Å². The van der Waals surface area contributed by atoms with Crippen LogP contribution in [-0.2, 0) is 13.1 Å². The van der Waals surface area contributed by atoms with Gasteiger partial charge in [-0.15, -0.1) is 0 Å². The van der Waals surface area contributed by atoms with Crippen LogP contribution in [0.3, 0.4) is 0 Å². The molecule has 3 nitrogen and oxygen atoms in total. The van der Waals surface area contributed by atoms with Gasteiger partial charge >= 0.3 is 0 Å². The molecular formula is C12H11ClFN3. The maximum atomic E-state index is 13.4. The standard InChI is InChI=1S/C12H11ClFN3/c13-10-2-1-8(5-11(10)14)12-6-9-7-15-3-4-17(9)16-12/h1-2,5-6,15H,3-4,7H2. The van der Waals surface area contributed by atoms with Crippen molar-refractivity contribution in [3.8, 4) is 11.3 Å². The van der Waals surface area contributed by atoms with Crippen molar-refractivity contribution in [1.29, 1.82) is 0 Å². The van der Waals surface area contributed by atoms with Crippen LogP contribution in [-0.4, -0.2) is 16.3 Å². The first-order valence-electron chi connectivity index (χ1n) is 5.47. The average molecular weight is 252 g/mol. The quantitative estimate of drug-likeness (QED) is 0.844. The fraction of sp³-hybridized carbons (Fsp3) is 0.250. The van der Waals surface area contributed by atoms with Crippen molar-refractivity contribution in [2.24, 2.45) is 0 Å². The van der Waals surface area contributed by atoms with Crippen LogP contribution in [0.25, 0.3) is 11.3 Å². The van der Waals surface area contributed by atoms with E-state index in [0.717, 1.165) is 36.6 Å². The molecule has 0 unspecified atom stereocenters. The van der Waals surface area contributed by atoms with Crippen LogP contribution in [0, 0.1) is 5.82 Å². The van der Waals surface area contributed by atoms with E-state index in [0.29, 0.717) is 0 Å². The number of rotatable bonds is 1. The van der Waals surface area contributed by atoms with E-state index in [9.17, 15) is 4.39 Å². The summed E-state index contributed by atoms with van der Waals surface area (Å²) in [6.45, 7) is 2.58. The van der Waals surface area contributed by atoms with Crippen LogP contribution < -0.4 is 5.32 Å². The fourth-order valence-corrected chi connectivity index (χ4v) is 2.11. The molecule has 17 heavy (non-hydrogen) atoms. The van der Waals surface area contributed by atoms with Gasteiger partial charge in [0.1, 0.15) is 5.82 Å². The number of fused-ring (bicyclic) bond motifs is 1. The van der Waals surface area contributed by atoms with Gasteiger partial charge < -0.3 is 5.32 Å². The Bertz CT molecular complexity index is 541. The average Bonchev–Trinajstić information content (AvgIpc) is 2.76. The number of nitrogens with one attached hydrogen (secondary N) is 1. The first-order valence-corrected chi connectivity index (χ1v) is 5.85. The molecule has 0 saturated carbocycles. The lowest BCUT2D eigenvalue weighted by atomic mass is 10.1. The molecule has 1 N–H and O–H groups in total. The van der Waals surface area contributed by atoms with E-state index < -0.39 is 5.82 Å². The van der Waals surface area contributed by atoms with Gasteiger partial charge in [0.2, 0.25) is 0 Å². The number of halogens is 2. The zero-order chi connectivity index (χ0) is 11.8. The summed E-state index contributed by atoms with van der Waals surface area (Å²) in [4.78, 5) is 0. The SMILES string of the molecule is Fc1cc(-c2cc3n(n2)CCNC3)ccc1Cl. The molecule has 88 valence electrons. The second-order valence-corrected chi connectivity index (χ2v) is 4.46. The molecular weight excluding hydrogens is 241 g/mol. The highest BCUT2D eigenvalue weighted by molar-refractivity contribution is 6.30. The molecule has 0 spiro atoms.